The number of rotatable bonds is 4. The highest BCUT2D eigenvalue weighted by atomic mass is 19.1. The number of fused-ring (bicyclic) bond motifs is 1. The van der Waals surface area contributed by atoms with E-state index in [0.717, 1.165) is 5.56 Å². The lowest BCUT2D eigenvalue weighted by atomic mass is 9.97. The maximum Gasteiger partial charge on any atom is 0.407 e. The zero-order chi connectivity index (χ0) is 22.1. The van der Waals surface area contributed by atoms with E-state index in [0.29, 0.717) is 48.5 Å². The molecule has 1 aromatic heterocycles. The molecule has 0 aliphatic carbocycles. The van der Waals surface area contributed by atoms with E-state index >= 15 is 0 Å². The molecule has 31 heavy (non-hydrogen) atoms. The molecule has 1 fully saturated rings. The number of aromatic nitrogens is 1. The number of amides is 2. The van der Waals surface area contributed by atoms with Gasteiger partial charge in [0, 0.05) is 25.0 Å². The van der Waals surface area contributed by atoms with Gasteiger partial charge in [-0.3, -0.25) is 4.79 Å². The zero-order valence-electron chi connectivity index (χ0n) is 17.4. The molecule has 2 heterocycles. The summed E-state index contributed by atoms with van der Waals surface area (Å²) in [5.74, 6) is -0.349. The number of nitrogens with one attached hydrogen (secondary N) is 1. The normalized spacial score (nSPS) is 14.9. The van der Waals surface area contributed by atoms with E-state index in [1.807, 2.05) is 26.0 Å². The third-order valence-electron chi connectivity index (χ3n) is 5.49. The Morgan fingerprint density at radius 3 is 2.48 bits per heavy atom. The van der Waals surface area contributed by atoms with Gasteiger partial charge in [-0.25, -0.2) is 14.2 Å². The molecule has 0 saturated carbocycles. The van der Waals surface area contributed by atoms with Gasteiger partial charge in [-0.2, -0.15) is 0 Å². The van der Waals surface area contributed by atoms with E-state index in [2.05, 4.69) is 10.3 Å². The number of halogens is 1. The van der Waals surface area contributed by atoms with Crippen molar-refractivity contribution in [3.63, 3.8) is 0 Å². The fourth-order valence-corrected chi connectivity index (χ4v) is 3.84. The van der Waals surface area contributed by atoms with Crippen molar-refractivity contribution in [3.05, 3.63) is 53.7 Å². The van der Waals surface area contributed by atoms with E-state index < -0.39 is 17.8 Å². The first-order chi connectivity index (χ1) is 14.8. The summed E-state index contributed by atoms with van der Waals surface area (Å²) in [7, 11) is 0. The Kier molecular flexibility index (Phi) is 5.63. The number of hydrogen-bond donors (Lipinski definition) is 2. The van der Waals surface area contributed by atoms with Crippen molar-refractivity contribution in [2.45, 2.75) is 38.6 Å². The standard InChI is InChI=1S/C23H24FN3O4/c1-13(2)25-21(28)17-5-3-15(11-18(17)24)16-4-6-20-19(12-16)26-22(31-20)14-7-9-27(10-8-14)23(29)30/h3-6,11-14H,7-10H2,1-2H3,(H,25,28)(H,29,30). The van der Waals surface area contributed by atoms with Crippen LogP contribution in [0.1, 0.15) is 48.9 Å². The average molecular weight is 425 g/mol. The third kappa shape index (κ3) is 4.38. The molecule has 0 bridgehead atoms. The Morgan fingerprint density at radius 2 is 1.84 bits per heavy atom. The molecule has 2 amide bonds. The summed E-state index contributed by atoms with van der Waals surface area (Å²) in [6.07, 6.45) is 0.425. The van der Waals surface area contributed by atoms with Crippen molar-refractivity contribution in [2.24, 2.45) is 0 Å². The highest BCUT2D eigenvalue weighted by Gasteiger charge is 2.27. The second kappa shape index (κ2) is 8.37. The second-order valence-electron chi connectivity index (χ2n) is 8.10. The lowest BCUT2D eigenvalue weighted by molar-refractivity contribution is 0.0939. The summed E-state index contributed by atoms with van der Waals surface area (Å²) in [5, 5.41) is 11.8. The van der Waals surface area contributed by atoms with Gasteiger partial charge in [0.15, 0.2) is 11.5 Å². The van der Waals surface area contributed by atoms with Crippen LogP contribution in [0.15, 0.2) is 40.8 Å². The summed E-state index contributed by atoms with van der Waals surface area (Å²) in [6.45, 7) is 4.56. The van der Waals surface area contributed by atoms with Gasteiger partial charge in [-0.15, -0.1) is 0 Å². The lowest BCUT2D eigenvalue weighted by Crippen LogP contribution is -2.36. The van der Waals surface area contributed by atoms with Gasteiger partial charge in [-0.1, -0.05) is 12.1 Å². The minimum atomic E-state index is -0.902. The Hall–Kier alpha value is -3.42. The van der Waals surface area contributed by atoms with E-state index in [4.69, 9.17) is 9.52 Å². The summed E-state index contributed by atoms with van der Waals surface area (Å²) < 4.78 is 20.4. The molecular weight excluding hydrogens is 401 g/mol. The first-order valence-electron chi connectivity index (χ1n) is 10.3. The number of hydrogen-bond acceptors (Lipinski definition) is 4. The number of carboxylic acid groups (broad SMARTS) is 1. The van der Waals surface area contributed by atoms with Crippen molar-refractivity contribution < 1.29 is 23.5 Å². The number of piperidine rings is 1. The van der Waals surface area contributed by atoms with Crippen LogP contribution in [0.2, 0.25) is 0 Å². The Balaban J connectivity index is 1.55. The number of carbonyl (C=O) groups is 2. The summed E-state index contributed by atoms with van der Waals surface area (Å²) in [5.41, 5.74) is 2.71. The van der Waals surface area contributed by atoms with Gasteiger partial charge in [0.25, 0.3) is 5.91 Å². The van der Waals surface area contributed by atoms with Crippen LogP contribution in [-0.2, 0) is 0 Å². The van der Waals surface area contributed by atoms with Crippen LogP contribution in [0.4, 0.5) is 9.18 Å². The molecule has 2 aromatic carbocycles. The van der Waals surface area contributed by atoms with Crippen molar-refractivity contribution in [3.8, 4) is 11.1 Å². The summed E-state index contributed by atoms with van der Waals surface area (Å²) in [4.78, 5) is 29.2. The molecule has 0 radical (unpaired) electrons. The lowest BCUT2D eigenvalue weighted by Gasteiger charge is -2.28. The van der Waals surface area contributed by atoms with Gasteiger partial charge in [0.05, 0.1) is 5.56 Å². The third-order valence-corrected chi connectivity index (χ3v) is 5.49. The van der Waals surface area contributed by atoms with Gasteiger partial charge in [0.1, 0.15) is 11.3 Å². The fraction of sp³-hybridized carbons (Fsp3) is 0.348. The average Bonchev–Trinajstić information content (AvgIpc) is 3.16. The van der Waals surface area contributed by atoms with Gasteiger partial charge in [0.2, 0.25) is 0 Å². The van der Waals surface area contributed by atoms with Crippen molar-refractivity contribution >= 4 is 23.1 Å². The second-order valence-corrected chi connectivity index (χ2v) is 8.10. The number of benzene rings is 2. The van der Waals surface area contributed by atoms with Gasteiger partial charge in [-0.05, 0) is 62.1 Å². The predicted octanol–water partition coefficient (Wildman–Crippen LogP) is 4.63. The summed E-state index contributed by atoms with van der Waals surface area (Å²) >= 11 is 0. The molecule has 1 saturated heterocycles. The Bertz CT molecular complexity index is 1130. The molecule has 7 nitrogen and oxygen atoms in total. The van der Waals surface area contributed by atoms with Crippen LogP contribution >= 0.6 is 0 Å². The predicted molar refractivity (Wildman–Crippen MR) is 114 cm³/mol. The van der Waals surface area contributed by atoms with Crippen molar-refractivity contribution in [1.29, 1.82) is 0 Å². The van der Waals surface area contributed by atoms with Crippen LogP contribution in [0.5, 0.6) is 0 Å². The number of carbonyl (C=O) groups excluding carboxylic acids is 1. The highest BCUT2D eigenvalue weighted by Crippen LogP contribution is 2.32. The molecule has 1 aliphatic rings. The number of oxazole rings is 1. The molecule has 8 heteroatoms. The van der Waals surface area contributed by atoms with E-state index in [1.54, 1.807) is 12.1 Å². The molecular formula is C23H24FN3O4. The highest BCUT2D eigenvalue weighted by molar-refractivity contribution is 5.95. The molecule has 162 valence electrons. The molecule has 2 N–H and O–H groups in total. The van der Waals surface area contributed by atoms with Gasteiger partial charge >= 0.3 is 6.09 Å². The Labute approximate surface area is 178 Å². The largest absolute Gasteiger partial charge is 0.465 e. The van der Waals surface area contributed by atoms with E-state index in [9.17, 15) is 14.0 Å². The summed E-state index contributed by atoms with van der Waals surface area (Å²) in [6, 6.07) is 9.92. The van der Waals surface area contributed by atoms with E-state index in [-0.39, 0.29) is 17.5 Å². The van der Waals surface area contributed by atoms with Crippen LogP contribution in [0.25, 0.3) is 22.2 Å². The fourth-order valence-electron chi connectivity index (χ4n) is 3.84. The van der Waals surface area contributed by atoms with Crippen molar-refractivity contribution in [1.82, 2.24) is 15.2 Å². The maximum atomic E-state index is 14.5. The smallest absolute Gasteiger partial charge is 0.407 e. The molecule has 0 atom stereocenters. The van der Waals surface area contributed by atoms with Crippen LogP contribution in [0, 0.1) is 5.82 Å². The number of nitrogens with zero attached hydrogens (tertiary/aromatic N) is 2. The topological polar surface area (TPSA) is 95.7 Å². The molecule has 3 aromatic rings. The number of likely N-dealkylation sites (tertiary alicyclic amines) is 1. The van der Waals surface area contributed by atoms with Crippen molar-refractivity contribution in [2.75, 3.05) is 13.1 Å². The SMILES string of the molecule is CC(C)NC(=O)c1ccc(-c2ccc3oc(C4CCN(C(=O)O)CC4)nc3c2)cc1F. The zero-order valence-corrected chi connectivity index (χ0v) is 17.4. The molecule has 0 unspecified atom stereocenters. The van der Waals surface area contributed by atoms with E-state index in [1.165, 1.54) is 17.0 Å². The maximum absolute atomic E-state index is 14.5. The Morgan fingerprint density at radius 1 is 1.16 bits per heavy atom. The minimum absolute atomic E-state index is 0.00922. The van der Waals surface area contributed by atoms with Crippen LogP contribution in [-0.4, -0.2) is 46.1 Å². The first kappa shape index (κ1) is 20.8. The molecule has 0 spiro atoms. The molecule has 4 rings (SSSR count). The monoisotopic (exact) mass is 425 g/mol. The van der Waals surface area contributed by atoms with Gasteiger partial charge < -0.3 is 19.7 Å². The van der Waals surface area contributed by atoms with Crippen LogP contribution < -0.4 is 5.32 Å². The van der Waals surface area contributed by atoms with Crippen LogP contribution in [0.3, 0.4) is 0 Å². The quantitative estimate of drug-likeness (QED) is 0.635. The minimum Gasteiger partial charge on any atom is -0.465 e. The first-order valence-corrected chi connectivity index (χ1v) is 10.3. The molecule has 1 aliphatic heterocycles.